The normalized spacial score (nSPS) is 11.4. The number of rotatable bonds is 3. The third kappa shape index (κ3) is 2.14. The summed E-state index contributed by atoms with van der Waals surface area (Å²) in [7, 11) is 1.68. The van der Waals surface area contributed by atoms with Crippen LogP contribution in [0.25, 0.3) is 28.1 Å². The lowest BCUT2D eigenvalue weighted by atomic mass is 10.1. The smallest absolute Gasteiger partial charge is 0.278 e. The number of methoxy groups -OCH3 is 1. The van der Waals surface area contributed by atoms with E-state index in [-0.39, 0.29) is 0 Å². The second-order valence-electron chi connectivity index (χ2n) is 5.42. The SMILES string of the molecule is CCc1ccc2c(c1)c(OC)cc1nc(-c3nc(C)no3)cn12. The van der Waals surface area contributed by atoms with Crippen molar-refractivity contribution in [3.05, 3.63) is 41.9 Å². The molecule has 4 aromatic rings. The minimum atomic E-state index is 0.420. The van der Waals surface area contributed by atoms with Crippen LogP contribution in [0, 0.1) is 6.92 Å². The number of aromatic nitrogens is 4. The molecule has 0 aliphatic rings. The third-order valence-corrected chi connectivity index (χ3v) is 3.95. The molecule has 0 fully saturated rings. The van der Waals surface area contributed by atoms with Crippen LogP contribution >= 0.6 is 0 Å². The van der Waals surface area contributed by atoms with Crippen LogP contribution in [0.5, 0.6) is 5.75 Å². The largest absolute Gasteiger partial charge is 0.496 e. The van der Waals surface area contributed by atoms with Gasteiger partial charge in [0.15, 0.2) is 5.82 Å². The number of benzene rings is 1. The van der Waals surface area contributed by atoms with Gasteiger partial charge < -0.3 is 9.26 Å². The van der Waals surface area contributed by atoms with Crippen molar-refractivity contribution in [2.24, 2.45) is 0 Å². The number of imidazole rings is 1. The molecule has 0 bridgehead atoms. The number of fused-ring (bicyclic) bond motifs is 3. The maximum Gasteiger partial charge on any atom is 0.278 e. The van der Waals surface area contributed by atoms with Crippen LogP contribution in [0.2, 0.25) is 0 Å². The van der Waals surface area contributed by atoms with E-state index in [1.165, 1.54) is 5.56 Å². The first-order valence-electron chi connectivity index (χ1n) is 7.49. The van der Waals surface area contributed by atoms with E-state index in [0.717, 1.165) is 28.7 Å². The Morgan fingerprint density at radius 3 is 2.78 bits per heavy atom. The number of ether oxygens (including phenoxy) is 1. The number of hydrogen-bond acceptors (Lipinski definition) is 5. The lowest BCUT2D eigenvalue weighted by Crippen LogP contribution is -1.93. The van der Waals surface area contributed by atoms with E-state index >= 15 is 0 Å². The van der Waals surface area contributed by atoms with Gasteiger partial charge in [0.25, 0.3) is 5.89 Å². The van der Waals surface area contributed by atoms with Gasteiger partial charge in [-0.25, -0.2) is 4.98 Å². The standard InChI is InChI=1S/C17H16N4O2/c1-4-11-5-6-14-12(7-11)15(22-3)8-16-19-13(9-21(14)16)17-18-10(2)20-23-17/h5-9H,4H2,1-3H3. The molecule has 0 N–H and O–H groups in total. The van der Waals surface area contributed by atoms with E-state index in [0.29, 0.717) is 17.4 Å². The Labute approximate surface area is 132 Å². The van der Waals surface area contributed by atoms with Gasteiger partial charge >= 0.3 is 0 Å². The summed E-state index contributed by atoms with van der Waals surface area (Å²) < 4.78 is 12.8. The summed E-state index contributed by atoms with van der Waals surface area (Å²) in [5, 5.41) is 4.88. The first kappa shape index (κ1) is 13.8. The van der Waals surface area contributed by atoms with E-state index in [4.69, 9.17) is 9.26 Å². The number of hydrogen-bond donors (Lipinski definition) is 0. The maximum absolute atomic E-state index is 5.55. The van der Waals surface area contributed by atoms with E-state index in [1.54, 1.807) is 14.0 Å². The molecule has 0 saturated carbocycles. The molecule has 0 spiro atoms. The van der Waals surface area contributed by atoms with Crippen LogP contribution in [-0.2, 0) is 6.42 Å². The zero-order valence-corrected chi connectivity index (χ0v) is 13.2. The van der Waals surface area contributed by atoms with Gasteiger partial charge in [-0.15, -0.1) is 0 Å². The molecule has 4 rings (SSSR count). The van der Waals surface area contributed by atoms with Gasteiger partial charge in [-0.05, 0) is 31.0 Å². The first-order chi connectivity index (χ1) is 11.2. The molecule has 0 unspecified atom stereocenters. The number of aryl methyl sites for hydroxylation is 2. The summed E-state index contributed by atoms with van der Waals surface area (Å²) in [6, 6.07) is 8.30. The van der Waals surface area contributed by atoms with Gasteiger partial charge in [-0.1, -0.05) is 18.1 Å². The van der Waals surface area contributed by atoms with Gasteiger partial charge in [0.05, 0.1) is 12.6 Å². The highest BCUT2D eigenvalue weighted by atomic mass is 16.5. The Hall–Kier alpha value is -2.89. The maximum atomic E-state index is 5.55. The van der Waals surface area contributed by atoms with Crippen molar-refractivity contribution in [3.63, 3.8) is 0 Å². The predicted molar refractivity (Wildman–Crippen MR) is 86.7 cm³/mol. The molecule has 0 atom stereocenters. The number of pyridine rings is 1. The van der Waals surface area contributed by atoms with Crippen molar-refractivity contribution in [2.75, 3.05) is 7.11 Å². The van der Waals surface area contributed by atoms with Crippen LogP contribution < -0.4 is 4.74 Å². The Kier molecular flexibility index (Phi) is 3.04. The minimum absolute atomic E-state index is 0.420. The highest BCUT2D eigenvalue weighted by Crippen LogP contribution is 2.30. The molecule has 0 aliphatic carbocycles. The molecular formula is C17H16N4O2. The van der Waals surface area contributed by atoms with Gasteiger partial charge in [0.1, 0.15) is 17.1 Å². The zero-order valence-electron chi connectivity index (χ0n) is 13.2. The molecule has 116 valence electrons. The van der Waals surface area contributed by atoms with Crippen molar-refractivity contribution < 1.29 is 9.26 Å². The highest BCUT2D eigenvalue weighted by molar-refractivity contribution is 5.89. The average Bonchev–Trinajstić information content (AvgIpc) is 3.19. The Morgan fingerprint density at radius 1 is 1.22 bits per heavy atom. The Balaban J connectivity index is 2.02. The van der Waals surface area contributed by atoms with Crippen LogP contribution in [0.1, 0.15) is 18.3 Å². The average molecular weight is 308 g/mol. The topological polar surface area (TPSA) is 65.5 Å². The first-order valence-corrected chi connectivity index (χ1v) is 7.49. The van der Waals surface area contributed by atoms with Gasteiger partial charge in [-0.3, -0.25) is 4.40 Å². The van der Waals surface area contributed by atoms with E-state index in [2.05, 4.69) is 40.2 Å². The van der Waals surface area contributed by atoms with E-state index in [1.807, 2.05) is 16.7 Å². The molecule has 0 saturated heterocycles. The zero-order chi connectivity index (χ0) is 16.0. The summed E-state index contributed by atoms with van der Waals surface area (Å²) in [4.78, 5) is 8.83. The summed E-state index contributed by atoms with van der Waals surface area (Å²) in [5.74, 6) is 1.82. The lowest BCUT2D eigenvalue weighted by molar-refractivity contribution is 0.420. The highest BCUT2D eigenvalue weighted by Gasteiger charge is 2.15. The van der Waals surface area contributed by atoms with Crippen LogP contribution in [0.3, 0.4) is 0 Å². The molecule has 3 heterocycles. The molecule has 0 radical (unpaired) electrons. The van der Waals surface area contributed by atoms with Crippen molar-refractivity contribution >= 4 is 16.6 Å². The molecular weight excluding hydrogens is 292 g/mol. The lowest BCUT2D eigenvalue weighted by Gasteiger charge is -2.09. The van der Waals surface area contributed by atoms with Crippen molar-refractivity contribution in [2.45, 2.75) is 20.3 Å². The third-order valence-electron chi connectivity index (χ3n) is 3.95. The Morgan fingerprint density at radius 2 is 2.09 bits per heavy atom. The van der Waals surface area contributed by atoms with Crippen molar-refractivity contribution in [1.29, 1.82) is 0 Å². The summed E-state index contributed by atoms with van der Waals surface area (Å²) in [5.41, 5.74) is 3.73. The second-order valence-corrected chi connectivity index (χ2v) is 5.42. The van der Waals surface area contributed by atoms with E-state index in [9.17, 15) is 0 Å². The molecule has 0 amide bonds. The van der Waals surface area contributed by atoms with Gasteiger partial charge in [-0.2, -0.15) is 4.98 Å². The fourth-order valence-corrected chi connectivity index (χ4v) is 2.77. The molecule has 1 aromatic carbocycles. The Bertz CT molecular complexity index is 1020. The number of nitrogens with zero attached hydrogens (tertiary/aromatic N) is 4. The quantitative estimate of drug-likeness (QED) is 0.580. The summed E-state index contributed by atoms with van der Waals surface area (Å²) in [6.45, 7) is 3.92. The fourth-order valence-electron chi connectivity index (χ4n) is 2.77. The summed E-state index contributed by atoms with van der Waals surface area (Å²) >= 11 is 0. The second kappa shape index (κ2) is 5.08. The molecule has 0 aliphatic heterocycles. The monoisotopic (exact) mass is 308 g/mol. The summed E-state index contributed by atoms with van der Waals surface area (Å²) in [6.07, 6.45) is 2.89. The van der Waals surface area contributed by atoms with Crippen LogP contribution in [0.4, 0.5) is 0 Å². The molecule has 23 heavy (non-hydrogen) atoms. The molecule has 6 heteroatoms. The molecule has 3 aromatic heterocycles. The van der Waals surface area contributed by atoms with Crippen molar-refractivity contribution in [3.8, 4) is 17.3 Å². The van der Waals surface area contributed by atoms with Gasteiger partial charge in [0, 0.05) is 17.6 Å². The van der Waals surface area contributed by atoms with Crippen molar-refractivity contribution in [1.82, 2.24) is 19.5 Å². The molecule has 6 nitrogen and oxygen atoms in total. The minimum Gasteiger partial charge on any atom is -0.496 e. The van der Waals surface area contributed by atoms with Crippen LogP contribution in [0.15, 0.2) is 35.0 Å². The van der Waals surface area contributed by atoms with E-state index < -0.39 is 0 Å². The van der Waals surface area contributed by atoms with Gasteiger partial charge in [0.2, 0.25) is 0 Å². The fraction of sp³-hybridized carbons (Fsp3) is 0.235. The predicted octanol–water partition coefficient (Wildman–Crippen LogP) is 3.42. The van der Waals surface area contributed by atoms with Crippen LogP contribution in [-0.4, -0.2) is 26.6 Å².